The van der Waals surface area contributed by atoms with Gasteiger partial charge in [-0.3, -0.25) is 4.79 Å². The van der Waals surface area contributed by atoms with Crippen molar-refractivity contribution in [1.82, 2.24) is 4.67 Å². The van der Waals surface area contributed by atoms with E-state index >= 15 is 0 Å². The second-order valence-corrected chi connectivity index (χ2v) is 3.03. The van der Waals surface area contributed by atoms with Crippen LogP contribution >= 0.6 is 8.73 Å². The standard InChI is InChI=1S/C5H6NO2P/c7-3-4-9-6-2-1-5(6)8/h4,9H,1-2H2/p+1. The first kappa shape index (κ1) is 6.47. The highest BCUT2D eigenvalue weighted by atomic mass is 31.1. The van der Waals surface area contributed by atoms with Gasteiger partial charge in [-0.15, -0.1) is 0 Å². The van der Waals surface area contributed by atoms with E-state index < -0.39 is 0 Å². The predicted molar refractivity (Wildman–Crippen MR) is 36.3 cm³/mol. The topological polar surface area (TPSA) is 37.4 Å². The molecule has 3 nitrogen and oxygen atoms in total. The Morgan fingerprint density at radius 2 is 2.56 bits per heavy atom. The zero-order chi connectivity index (χ0) is 6.69. The number of hydrogen-bond acceptors (Lipinski definition) is 2. The second-order valence-electron chi connectivity index (χ2n) is 1.77. The molecule has 0 aromatic heterocycles. The third-order valence-electron chi connectivity index (χ3n) is 1.21. The van der Waals surface area contributed by atoms with Crippen molar-refractivity contribution in [3.8, 4) is 0 Å². The van der Waals surface area contributed by atoms with Crippen LogP contribution in [0.1, 0.15) is 6.42 Å². The highest BCUT2D eigenvalue weighted by molar-refractivity contribution is 7.40. The molecule has 0 spiro atoms. The number of amides is 1. The Morgan fingerprint density at radius 3 is 2.89 bits per heavy atom. The van der Waals surface area contributed by atoms with Gasteiger partial charge in [0.15, 0.2) is 11.8 Å². The molecule has 48 valence electrons. The van der Waals surface area contributed by atoms with Crippen molar-refractivity contribution >= 4 is 20.6 Å². The van der Waals surface area contributed by atoms with Crippen molar-refractivity contribution < 1.29 is 9.59 Å². The van der Waals surface area contributed by atoms with E-state index in [1.807, 2.05) is 0 Å². The van der Waals surface area contributed by atoms with Crippen LogP contribution < -0.4 is 0 Å². The minimum absolute atomic E-state index is 0.163. The molecule has 1 heterocycles. The summed E-state index contributed by atoms with van der Waals surface area (Å²) in [6.45, 7) is 0.826. The molecule has 1 rings (SSSR count). The maximum atomic E-state index is 10.5. The molecule has 0 aromatic rings. The van der Waals surface area contributed by atoms with Crippen LogP contribution in [0.25, 0.3) is 0 Å². The highest BCUT2D eigenvalue weighted by Crippen LogP contribution is 2.25. The lowest BCUT2D eigenvalue weighted by Gasteiger charge is -2.21. The second kappa shape index (κ2) is 2.77. The number of carbonyl (C=O) groups is 1. The van der Waals surface area contributed by atoms with E-state index in [1.165, 1.54) is 5.82 Å². The Bertz CT molecular complexity index is 174. The van der Waals surface area contributed by atoms with Gasteiger partial charge in [-0.2, -0.15) is 0 Å². The molecule has 0 saturated carbocycles. The largest absolute Gasteiger partial charge is 0.271 e. The third kappa shape index (κ3) is 1.38. The molecule has 4 heteroatoms. The molecule has 1 amide bonds. The molecule has 0 radical (unpaired) electrons. The number of carbonyl (C=O) groups excluding carboxylic acids is 2. The van der Waals surface area contributed by atoms with Crippen LogP contribution in [0, 0.1) is 0 Å². The summed E-state index contributed by atoms with van der Waals surface area (Å²) in [5.74, 6) is 3.22. The van der Waals surface area contributed by atoms with Gasteiger partial charge in [-0.05, 0) is 0 Å². The quantitative estimate of drug-likeness (QED) is 0.308. The fraction of sp³-hybridized carbons (Fsp3) is 0.400. The lowest BCUT2D eigenvalue weighted by Crippen LogP contribution is -2.36. The Labute approximate surface area is 54.6 Å². The molecule has 1 unspecified atom stereocenters. The summed E-state index contributed by atoms with van der Waals surface area (Å²) in [4.78, 5) is 20.2. The van der Waals surface area contributed by atoms with Crippen LogP contribution in [0.3, 0.4) is 0 Å². The first-order chi connectivity index (χ1) is 4.34. The minimum atomic E-state index is -0.241. The van der Waals surface area contributed by atoms with Gasteiger partial charge in [-0.1, -0.05) is 0 Å². The van der Waals surface area contributed by atoms with Gasteiger partial charge in [0.25, 0.3) is 5.91 Å². The smallest absolute Gasteiger partial charge is 0.255 e. The third-order valence-corrected chi connectivity index (χ3v) is 2.40. The lowest BCUT2D eigenvalue weighted by molar-refractivity contribution is -0.132. The summed E-state index contributed by atoms with van der Waals surface area (Å²) < 4.78 is 1.69. The molecule has 1 atom stereocenters. The van der Waals surface area contributed by atoms with Crippen molar-refractivity contribution in [2.24, 2.45) is 0 Å². The SMILES string of the molecule is O=C=C[PH2+]N1CCC1=O. The molecule has 0 bridgehead atoms. The number of hydrogen-bond donors (Lipinski definition) is 0. The highest BCUT2D eigenvalue weighted by Gasteiger charge is 2.27. The zero-order valence-electron chi connectivity index (χ0n) is 4.83. The van der Waals surface area contributed by atoms with E-state index in [0.717, 1.165) is 6.54 Å². The zero-order valence-corrected chi connectivity index (χ0v) is 5.99. The average Bonchev–Trinajstić information content (AvgIpc) is 1.86. The molecule has 0 aliphatic carbocycles. The average molecular weight is 144 g/mol. The number of nitrogens with zero attached hydrogens (tertiary/aromatic N) is 1. The number of rotatable bonds is 2. The summed E-state index contributed by atoms with van der Waals surface area (Å²) in [6, 6.07) is 0. The van der Waals surface area contributed by atoms with Gasteiger partial charge in [0.1, 0.15) is 8.73 Å². The van der Waals surface area contributed by atoms with Gasteiger partial charge in [0.2, 0.25) is 0 Å². The molecule has 0 N–H and O–H groups in total. The molecule has 1 aliphatic heterocycles. The lowest BCUT2D eigenvalue weighted by atomic mass is 10.3. The van der Waals surface area contributed by atoms with Crippen molar-refractivity contribution in [2.75, 3.05) is 6.54 Å². The van der Waals surface area contributed by atoms with Crippen molar-refractivity contribution in [1.29, 1.82) is 0 Å². The maximum Gasteiger partial charge on any atom is 0.255 e. The van der Waals surface area contributed by atoms with E-state index in [0.29, 0.717) is 6.42 Å². The molecule has 9 heavy (non-hydrogen) atoms. The molecular weight excluding hydrogens is 137 g/mol. The van der Waals surface area contributed by atoms with Gasteiger partial charge >= 0.3 is 0 Å². The van der Waals surface area contributed by atoms with E-state index in [2.05, 4.69) is 0 Å². The van der Waals surface area contributed by atoms with E-state index in [1.54, 1.807) is 10.6 Å². The molecule has 0 aromatic carbocycles. The molecule has 1 aliphatic rings. The fourth-order valence-corrected chi connectivity index (χ4v) is 1.42. The predicted octanol–water partition coefficient (Wildman–Crippen LogP) is -0.110. The van der Waals surface area contributed by atoms with Crippen molar-refractivity contribution in [3.05, 3.63) is 5.82 Å². The van der Waals surface area contributed by atoms with Gasteiger partial charge in [0.05, 0.1) is 13.0 Å². The van der Waals surface area contributed by atoms with Crippen LogP contribution in [0.5, 0.6) is 0 Å². The Kier molecular flexibility index (Phi) is 1.99. The first-order valence-electron chi connectivity index (χ1n) is 2.68. The van der Waals surface area contributed by atoms with Crippen LogP contribution in [0.15, 0.2) is 5.82 Å². The van der Waals surface area contributed by atoms with Crippen LogP contribution in [-0.2, 0) is 9.59 Å². The van der Waals surface area contributed by atoms with Gasteiger partial charge in [-0.25, -0.2) is 9.46 Å². The maximum absolute atomic E-state index is 10.5. The Morgan fingerprint density at radius 1 is 1.78 bits per heavy atom. The number of β-lactam (4-membered cyclic amide) rings is 1. The van der Waals surface area contributed by atoms with Crippen molar-refractivity contribution in [2.45, 2.75) is 6.42 Å². The van der Waals surface area contributed by atoms with Gasteiger partial charge in [0, 0.05) is 0 Å². The van der Waals surface area contributed by atoms with Crippen molar-refractivity contribution in [3.63, 3.8) is 0 Å². The summed E-state index contributed by atoms with van der Waals surface area (Å²) in [5.41, 5.74) is 0. The Balaban J connectivity index is 2.28. The van der Waals surface area contributed by atoms with Crippen LogP contribution in [0.2, 0.25) is 0 Å². The summed E-state index contributed by atoms with van der Waals surface area (Å²) in [5, 5.41) is 0. The molecule has 1 fully saturated rings. The van der Waals surface area contributed by atoms with Gasteiger partial charge < -0.3 is 0 Å². The monoisotopic (exact) mass is 144 g/mol. The first-order valence-corrected chi connectivity index (χ1v) is 3.86. The summed E-state index contributed by atoms with van der Waals surface area (Å²) in [7, 11) is -0.241. The van der Waals surface area contributed by atoms with E-state index in [-0.39, 0.29) is 14.6 Å². The molecular formula is C5H7NO2P+. The normalized spacial score (nSPS) is 17.8. The van der Waals surface area contributed by atoms with Crippen LogP contribution in [-0.4, -0.2) is 23.1 Å². The summed E-state index contributed by atoms with van der Waals surface area (Å²) >= 11 is 0. The van der Waals surface area contributed by atoms with Crippen LogP contribution in [0.4, 0.5) is 0 Å². The van der Waals surface area contributed by atoms with E-state index in [9.17, 15) is 9.59 Å². The summed E-state index contributed by atoms with van der Waals surface area (Å²) in [6.07, 6.45) is 0.652. The van der Waals surface area contributed by atoms with E-state index in [4.69, 9.17) is 0 Å². The Hall–Kier alpha value is -0.650. The minimum Gasteiger partial charge on any atom is -0.271 e. The molecule has 1 saturated heterocycles. The fourth-order valence-electron chi connectivity index (χ4n) is 0.610.